The van der Waals surface area contributed by atoms with Gasteiger partial charge in [0.15, 0.2) is 0 Å². The Bertz CT molecular complexity index is 128. The Morgan fingerprint density at radius 3 is 1.82 bits per heavy atom. The zero-order valence-electron chi connectivity index (χ0n) is 6.80. The highest BCUT2D eigenvalue weighted by atomic mass is 79.9. The molecular weight excluding hydrogens is 298 g/mol. The molecule has 11 heavy (non-hydrogen) atoms. The van der Waals surface area contributed by atoms with E-state index < -0.39 is 12.9 Å². The molecule has 0 fully saturated rings. The van der Waals surface area contributed by atoms with E-state index in [1.54, 1.807) is 0 Å². The maximum absolute atomic E-state index is 12.4. The molecule has 0 saturated carbocycles. The molecule has 0 spiro atoms. The summed E-state index contributed by atoms with van der Waals surface area (Å²) in [5, 5.41) is 0. The quantitative estimate of drug-likeness (QED) is 0.546. The Kier molecular flexibility index (Phi) is 4.19. The van der Waals surface area contributed by atoms with Crippen LogP contribution in [0.1, 0.15) is 6.42 Å². The Morgan fingerprint density at radius 1 is 1.36 bits per heavy atom. The van der Waals surface area contributed by atoms with Crippen molar-refractivity contribution in [3.05, 3.63) is 0 Å². The van der Waals surface area contributed by atoms with Crippen LogP contribution in [0.3, 0.4) is 0 Å². The van der Waals surface area contributed by atoms with Gasteiger partial charge in [0.1, 0.15) is 0 Å². The van der Waals surface area contributed by atoms with Crippen molar-refractivity contribution >= 4 is 39.9 Å². The molecule has 0 saturated heterocycles. The third-order valence-electron chi connectivity index (χ3n) is 1.35. The molecule has 68 valence electrons. The highest BCUT2D eigenvalue weighted by Gasteiger charge is 2.34. The van der Waals surface area contributed by atoms with E-state index in [9.17, 15) is 8.78 Å². The van der Waals surface area contributed by atoms with Gasteiger partial charge in [-0.05, 0) is 15.9 Å². The molecule has 0 radical (unpaired) electrons. The lowest BCUT2D eigenvalue weighted by Gasteiger charge is -2.24. The van der Waals surface area contributed by atoms with E-state index in [0.717, 1.165) is 0 Å². The number of halogens is 4. The summed E-state index contributed by atoms with van der Waals surface area (Å²) >= 11 is 5.62. The van der Waals surface area contributed by atoms with Crippen LogP contribution in [-0.2, 0) is 0 Å². The minimum atomic E-state index is -2.72. The summed E-state index contributed by atoms with van der Waals surface area (Å²) in [5.41, 5.74) is 0. The van der Waals surface area contributed by atoms with Gasteiger partial charge < -0.3 is 0 Å². The average molecular weight is 310 g/mol. The van der Waals surface area contributed by atoms with Crippen LogP contribution < -0.4 is 0 Å². The van der Waals surface area contributed by atoms with Gasteiger partial charge in [-0.2, -0.15) is 8.78 Å². The second kappa shape index (κ2) is 3.83. The van der Waals surface area contributed by atoms with Crippen molar-refractivity contribution in [2.24, 2.45) is 0 Å². The van der Waals surface area contributed by atoms with Crippen molar-refractivity contribution in [3.63, 3.8) is 0 Å². The van der Waals surface area contributed by atoms with Crippen molar-refractivity contribution in [3.8, 4) is 0 Å². The molecule has 1 atom stereocenters. The molecule has 0 aromatic rings. The van der Waals surface area contributed by atoms with Crippen molar-refractivity contribution in [2.75, 3.05) is 0 Å². The normalized spacial score (nSPS) is 16.6. The van der Waals surface area contributed by atoms with E-state index in [1.807, 2.05) is 0 Å². The zero-order valence-corrected chi connectivity index (χ0v) is 11.0. The van der Waals surface area contributed by atoms with E-state index in [0.29, 0.717) is 0 Å². The number of hydrogen-bond donors (Lipinski definition) is 0. The van der Waals surface area contributed by atoms with Gasteiger partial charge in [-0.15, -0.1) is 0 Å². The zero-order chi connectivity index (χ0) is 9.28. The Morgan fingerprint density at radius 2 is 1.73 bits per heavy atom. The van der Waals surface area contributed by atoms with E-state index in [2.05, 4.69) is 51.5 Å². The fourth-order valence-corrected chi connectivity index (χ4v) is 2.84. The summed E-state index contributed by atoms with van der Waals surface area (Å²) in [5.74, 6) is 0. The molecule has 0 rings (SSSR count). The maximum Gasteiger partial charge on any atom is 0.302 e. The van der Waals surface area contributed by atoms with Gasteiger partial charge in [-0.1, -0.05) is 35.6 Å². The van der Waals surface area contributed by atoms with Gasteiger partial charge in [0.05, 0.1) is 8.07 Å². The first-order valence-electron chi connectivity index (χ1n) is 3.34. The molecule has 0 nitrogen and oxygen atoms in total. The first-order valence-corrected chi connectivity index (χ1v) is 8.62. The highest BCUT2D eigenvalue weighted by Crippen LogP contribution is 2.33. The topological polar surface area (TPSA) is 0 Å². The molecule has 0 N–H and O–H groups in total. The fraction of sp³-hybridized carbons (Fsp3) is 1.00. The summed E-state index contributed by atoms with van der Waals surface area (Å²) in [7, 11) is -1.46. The third kappa shape index (κ3) is 6.22. The molecule has 0 bridgehead atoms. The van der Waals surface area contributed by atoms with Crippen LogP contribution >= 0.6 is 31.9 Å². The molecular formula is C6H12Br2F2Si. The standard InChI is InChI=1S/C6H12Br2F2Si/c1-11(2,3)5(7)4-6(8,9)10/h5H,4H2,1-3H3. The van der Waals surface area contributed by atoms with Gasteiger partial charge in [0.2, 0.25) is 0 Å². The van der Waals surface area contributed by atoms with Crippen molar-refractivity contribution < 1.29 is 8.78 Å². The SMILES string of the molecule is C[Si](C)(C)C(Br)CC(F)(F)Br. The molecule has 0 heterocycles. The van der Waals surface area contributed by atoms with Crippen LogP contribution in [-0.4, -0.2) is 17.4 Å². The van der Waals surface area contributed by atoms with Crippen LogP contribution in [0.25, 0.3) is 0 Å². The minimum Gasteiger partial charge on any atom is -0.194 e. The number of alkyl halides is 4. The van der Waals surface area contributed by atoms with Crippen LogP contribution in [0, 0.1) is 0 Å². The lowest BCUT2D eigenvalue weighted by molar-refractivity contribution is 0.109. The monoisotopic (exact) mass is 308 g/mol. The van der Waals surface area contributed by atoms with Gasteiger partial charge in [0.25, 0.3) is 0 Å². The fourth-order valence-electron chi connectivity index (χ4n) is 0.509. The Hall–Kier alpha value is 1.04. The number of rotatable bonds is 3. The molecule has 5 heteroatoms. The van der Waals surface area contributed by atoms with Crippen molar-refractivity contribution in [2.45, 2.75) is 35.3 Å². The van der Waals surface area contributed by atoms with E-state index in [1.165, 1.54) is 0 Å². The highest BCUT2D eigenvalue weighted by molar-refractivity contribution is 9.10. The molecule has 0 aliphatic heterocycles. The van der Waals surface area contributed by atoms with E-state index in [-0.39, 0.29) is 10.9 Å². The predicted octanol–water partition coefficient (Wildman–Crippen LogP) is 4.01. The van der Waals surface area contributed by atoms with Gasteiger partial charge in [-0.25, -0.2) is 0 Å². The smallest absolute Gasteiger partial charge is 0.194 e. The lowest BCUT2D eigenvalue weighted by Crippen LogP contribution is -2.36. The van der Waals surface area contributed by atoms with Crippen LogP contribution in [0.2, 0.25) is 19.6 Å². The summed E-state index contributed by atoms with van der Waals surface area (Å²) in [6, 6.07) is 0. The van der Waals surface area contributed by atoms with E-state index in [4.69, 9.17) is 0 Å². The Labute approximate surface area is 84.0 Å². The van der Waals surface area contributed by atoms with Gasteiger partial charge in [-0.3, -0.25) is 0 Å². The number of hydrogen-bond acceptors (Lipinski definition) is 0. The molecule has 0 aliphatic carbocycles. The summed E-state index contributed by atoms with van der Waals surface area (Å²) in [4.78, 5) is -2.72. The van der Waals surface area contributed by atoms with Gasteiger partial charge in [0, 0.05) is 10.9 Å². The van der Waals surface area contributed by atoms with E-state index >= 15 is 0 Å². The second-order valence-electron chi connectivity index (χ2n) is 3.65. The van der Waals surface area contributed by atoms with Crippen LogP contribution in [0.15, 0.2) is 0 Å². The lowest BCUT2D eigenvalue weighted by atomic mass is 10.5. The van der Waals surface area contributed by atoms with Crippen LogP contribution in [0.5, 0.6) is 0 Å². The average Bonchev–Trinajstić information content (AvgIpc) is 1.56. The first kappa shape index (κ1) is 12.0. The summed E-state index contributed by atoms with van der Waals surface area (Å²) in [6.45, 7) is 6.18. The Balaban J connectivity index is 3.99. The van der Waals surface area contributed by atoms with Crippen molar-refractivity contribution in [1.82, 2.24) is 0 Å². The van der Waals surface area contributed by atoms with Crippen LogP contribution in [0.4, 0.5) is 8.78 Å². The maximum atomic E-state index is 12.4. The van der Waals surface area contributed by atoms with Gasteiger partial charge >= 0.3 is 4.83 Å². The predicted molar refractivity (Wildman–Crippen MR) is 54.6 cm³/mol. The summed E-state index contributed by atoms with van der Waals surface area (Å²) in [6.07, 6.45) is -0.122. The minimum absolute atomic E-state index is 0.0376. The molecule has 1 unspecified atom stereocenters. The molecule has 0 aliphatic rings. The molecule has 0 amide bonds. The largest absolute Gasteiger partial charge is 0.302 e. The molecule has 0 aromatic carbocycles. The summed E-state index contributed by atoms with van der Waals surface area (Å²) < 4.78 is 24.8. The van der Waals surface area contributed by atoms with Crippen molar-refractivity contribution in [1.29, 1.82) is 0 Å². The first-order chi connectivity index (χ1) is 4.63. The third-order valence-corrected chi connectivity index (χ3v) is 8.20. The molecule has 0 aromatic heterocycles. The second-order valence-corrected chi connectivity index (χ2v) is 12.2.